The molecule has 5 heteroatoms. The molecule has 0 spiro atoms. The molecule has 0 saturated carbocycles. The van der Waals surface area contributed by atoms with E-state index in [1.54, 1.807) is 13.8 Å². The molecule has 0 amide bonds. The fourth-order valence-electron chi connectivity index (χ4n) is 1.39. The second-order valence-corrected chi connectivity index (χ2v) is 4.39. The van der Waals surface area contributed by atoms with E-state index in [9.17, 15) is 14.0 Å². The van der Waals surface area contributed by atoms with Crippen LogP contribution in [0.5, 0.6) is 0 Å². The van der Waals surface area contributed by atoms with Crippen LogP contribution in [0.25, 0.3) is 0 Å². The summed E-state index contributed by atoms with van der Waals surface area (Å²) in [6.45, 7) is 3.48. The average Bonchev–Trinajstić information content (AvgIpc) is 2.26. The van der Waals surface area contributed by atoms with Crippen LogP contribution in [0.1, 0.15) is 52.4 Å². The molecule has 106 valence electrons. The van der Waals surface area contributed by atoms with Crippen LogP contribution in [-0.2, 0) is 19.1 Å². The molecular formula is C13H23FO4. The second kappa shape index (κ2) is 11.0. The van der Waals surface area contributed by atoms with Crippen molar-refractivity contribution in [3.05, 3.63) is 0 Å². The maximum Gasteiger partial charge on any atom is 0.317 e. The van der Waals surface area contributed by atoms with Crippen molar-refractivity contribution >= 4 is 11.9 Å². The summed E-state index contributed by atoms with van der Waals surface area (Å²) in [6, 6.07) is 0. The summed E-state index contributed by atoms with van der Waals surface area (Å²) in [5.74, 6) is -1.11. The third kappa shape index (κ3) is 11.4. The molecule has 0 bridgehead atoms. The lowest BCUT2D eigenvalue weighted by molar-refractivity contribution is -0.156. The van der Waals surface area contributed by atoms with Crippen LogP contribution in [0.3, 0.4) is 0 Å². The van der Waals surface area contributed by atoms with Crippen LogP contribution in [0, 0.1) is 0 Å². The lowest BCUT2D eigenvalue weighted by atomic mass is 10.2. The van der Waals surface area contributed by atoms with Crippen LogP contribution in [0.4, 0.5) is 4.39 Å². The Bertz CT molecular complexity index is 241. The van der Waals surface area contributed by atoms with Gasteiger partial charge in [-0.2, -0.15) is 0 Å². The molecule has 0 saturated heterocycles. The first-order valence-corrected chi connectivity index (χ1v) is 6.47. The molecular weight excluding hydrogens is 239 g/mol. The third-order valence-electron chi connectivity index (χ3n) is 2.20. The fourth-order valence-corrected chi connectivity index (χ4v) is 1.39. The van der Waals surface area contributed by atoms with Gasteiger partial charge in [0.15, 0.2) is 0 Å². The van der Waals surface area contributed by atoms with Crippen molar-refractivity contribution in [3.8, 4) is 0 Å². The van der Waals surface area contributed by atoms with Gasteiger partial charge in [-0.15, -0.1) is 0 Å². The summed E-state index contributed by atoms with van der Waals surface area (Å²) >= 11 is 0. The highest BCUT2D eigenvalue weighted by Gasteiger charge is 2.12. The Morgan fingerprint density at radius 1 is 1.00 bits per heavy atom. The molecule has 0 aromatic rings. The van der Waals surface area contributed by atoms with E-state index in [1.807, 2.05) is 0 Å². The molecule has 0 heterocycles. The Kier molecular flexibility index (Phi) is 10.3. The molecule has 0 rings (SSSR count). The van der Waals surface area contributed by atoms with Crippen molar-refractivity contribution in [2.75, 3.05) is 13.3 Å². The van der Waals surface area contributed by atoms with Gasteiger partial charge in [0.05, 0.1) is 19.4 Å². The standard InChI is InChI=1S/C13H23FO4/c1-11(2)18-13(16)10-12(15)17-9-7-5-3-4-6-8-14/h11H,3-10H2,1-2H3. The summed E-state index contributed by atoms with van der Waals surface area (Å²) in [5, 5.41) is 0. The van der Waals surface area contributed by atoms with Crippen molar-refractivity contribution in [1.29, 1.82) is 0 Å². The Morgan fingerprint density at radius 2 is 1.61 bits per heavy atom. The molecule has 18 heavy (non-hydrogen) atoms. The van der Waals surface area contributed by atoms with E-state index in [4.69, 9.17) is 9.47 Å². The minimum atomic E-state index is -0.557. The molecule has 0 unspecified atom stereocenters. The molecule has 0 aliphatic rings. The van der Waals surface area contributed by atoms with Crippen molar-refractivity contribution in [1.82, 2.24) is 0 Å². The second-order valence-electron chi connectivity index (χ2n) is 4.39. The zero-order valence-electron chi connectivity index (χ0n) is 11.2. The zero-order chi connectivity index (χ0) is 13.8. The number of hydrogen-bond acceptors (Lipinski definition) is 4. The first-order valence-electron chi connectivity index (χ1n) is 6.47. The first-order chi connectivity index (χ1) is 8.56. The van der Waals surface area contributed by atoms with Gasteiger partial charge in [-0.25, -0.2) is 0 Å². The highest BCUT2D eigenvalue weighted by molar-refractivity contribution is 5.91. The molecule has 0 N–H and O–H groups in total. The summed E-state index contributed by atoms with van der Waals surface area (Å²) in [4.78, 5) is 22.3. The molecule has 0 aliphatic heterocycles. The van der Waals surface area contributed by atoms with E-state index in [2.05, 4.69) is 0 Å². The van der Waals surface area contributed by atoms with Crippen molar-refractivity contribution in [2.45, 2.75) is 58.5 Å². The largest absolute Gasteiger partial charge is 0.465 e. The Hall–Kier alpha value is -1.13. The number of rotatable bonds is 10. The Morgan fingerprint density at radius 3 is 2.22 bits per heavy atom. The van der Waals surface area contributed by atoms with Crippen LogP contribution in [-0.4, -0.2) is 31.3 Å². The summed E-state index contributed by atoms with van der Waals surface area (Å²) in [6.07, 6.45) is 3.50. The van der Waals surface area contributed by atoms with Gasteiger partial charge < -0.3 is 9.47 Å². The van der Waals surface area contributed by atoms with Gasteiger partial charge in [0.1, 0.15) is 6.42 Å². The summed E-state index contributed by atoms with van der Waals surface area (Å²) in [7, 11) is 0. The molecule has 0 aromatic heterocycles. The highest BCUT2D eigenvalue weighted by atomic mass is 19.1. The van der Waals surface area contributed by atoms with Crippen molar-refractivity contribution < 1.29 is 23.5 Å². The highest BCUT2D eigenvalue weighted by Crippen LogP contribution is 2.04. The van der Waals surface area contributed by atoms with Gasteiger partial charge >= 0.3 is 11.9 Å². The fraction of sp³-hybridized carbons (Fsp3) is 0.846. The summed E-state index contributed by atoms with van der Waals surface area (Å²) in [5.41, 5.74) is 0. The molecule has 0 aromatic carbocycles. The monoisotopic (exact) mass is 262 g/mol. The molecule has 0 fully saturated rings. The minimum Gasteiger partial charge on any atom is -0.465 e. The van der Waals surface area contributed by atoms with Gasteiger partial charge in [-0.1, -0.05) is 19.3 Å². The lowest BCUT2D eigenvalue weighted by Gasteiger charge is -2.07. The van der Waals surface area contributed by atoms with Gasteiger partial charge in [0, 0.05) is 0 Å². The van der Waals surface area contributed by atoms with E-state index >= 15 is 0 Å². The third-order valence-corrected chi connectivity index (χ3v) is 2.20. The van der Waals surface area contributed by atoms with Crippen molar-refractivity contribution in [3.63, 3.8) is 0 Å². The zero-order valence-corrected chi connectivity index (χ0v) is 11.2. The van der Waals surface area contributed by atoms with Crippen LogP contribution in [0.2, 0.25) is 0 Å². The number of carbonyl (C=O) groups is 2. The SMILES string of the molecule is CC(C)OC(=O)CC(=O)OCCCCCCCF. The van der Waals surface area contributed by atoms with Gasteiger partial charge in [-0.05, 0) is 26.7 Å². The van der Waals surface area contributed by atoms with E-state index in [0.29, 0.717) is 13.0 Å². The van der Waals surface area contributed by atoms with Crippen LogP contribution >= 0.6 is 0 Å². The molecule has 0 radical (unpaired) electrons. The quantitative estimate of drug-likeness (QED) is 0.345. The minimum absolute atomic E-state index is 0.221. The smallest absolute Gasteiger partial charge is 0.317 e. The molecule has 0 atom stereocenters. The number of esters is 2. The Labute approximate surface area is 108 Å². The maximum atomic E-state index is 11.8. The van der Waals surface area contributed by atoms with Gasteiger partial charge in [0.25, 0.3) is 0 Å². The predicted octanol–water partition coefficient (Wildman–Crippen LogP) is 2.79. The van der Waals surface area contributed by atoms with Gasteiger partial charge in [-0.3, -0.25) is 14.0 Å². The van der Waals surface area contributed by atoms with Crippen molar-refractivity contribution in [2.24, 2.45) is 0 Å². The van der Waals surface area contributed by atoms with E-state index < -0.39 is 11.9 Å². The number of ether oxygens (including phenoxy) is 2. The van der Waals surface area contributed by atoms with Crippen LogP contribution in [0.15, 0.2) is 0 Å². The predicted molar refractivity (Wildman–Crippen MR) is 65.9 cm³/mol. The molecule has 4 nitrogen and oxygen atoms in total. The summed E-state index contributed by atoms with van der Waals surface area (Å²) < 4.78 is 21.5. The Balaban J connectivity index is 3.39. The number of unbranched alkanes of at least 4 members (excludes halogenated alkanes) is 4. The number of halogens is 1. The van der Waals surface area contributed by atoms with E-state index in [-0.39, 0.29) is 19.2 Å². The maximum absolute atomic E-state index is 11.8. The normalized spacial score (nSPS) is 10.4. The van der Waals surface area contributed by atoms with E-state index in [1.165, 1.54) is 0 Å². The van der Waals surface area contributed by atoms with Crippen LogP contribution < -0.4 is 0 Å². The number of carbonyl (C=O) groups excluding carboxylic acids is 2. The topological polar surface area (TPSA) is 52.6 Å². The lowest BCUT2D eigenvalue weighted by Crippen LogP contribution is -2.17. The average molecular weight is 262 g/mol. The number of alkyl halides is 1. The van der Waals surface area contributed by atoms with E-state index in [0.717, 1.165) is 25.7 Å². The number of hydrogen-bond donors (Lipinski definition) is 0. The molecule has 0 aliphatic carbocycles. The first kappa shape index (κ1) is 16.9. The van der Waals surface area contributed by atoms with Gasteiger partial charge in [0.2, 0.25) is 0 Å².